The Hall–Kier alpha value is -1.81. The normalized spacial score (nSPS) is 19.6. The third kappa shape index (κ3) is 4.10. The molecule has 4 heteroatoms. The number of benzene rings is 1. The average Bonchev–Trinajstić information content (AvgIpc) is 2.84. The first-order chi connectivity index (χ1) is 9.46. The quantitative estimate of drug-likeness (QED) is 0.827. The Bertz CT molecular complexity index is 476. The molecule has 1 atom stereocenters. The Balaban J connectivity index is 2.01. The Morgan fingerprint density at radius 1 is 1.35 bits per heavy atom. The second-order valence-electron chi connectivity index (χ2n) is 5.77. The second-order valence-corrected chi connectivity index (χ2v) is 5.77. The van der Waals surface area contributed by atoms with Crippen LogP contribution in [0.4, 0.5) is 4.79 Å². The second kappa shape index (κ2) is 6.09. The van der Waals surface area contributed by atoms with Crippen LogP contribution in [0.2, 0.25) is 0 Å². The minimum Gasteiger partial charge on any atom is -0.442 e. The lowest BCUT2D eigenvalue weighted by Crippen LogP contribution is -2.38. The Labute approximate surface area is 119 Å². The van der Waals surface area contributed by atoms with Crippen molar-refractivity contribution in [3.8, 4) is 0 Å². The van der Waals surface area contributed by atoms with Gasteiger partial charge in [0.2, 0.25) is 0 Å². The van der Waals surface area contributed by atoms with Crippen molar-refractivity contribution in [1.82, 2.24) is 5.06 Å². The van der Waals surface area contributed by atoms with Gasteiger partial charge in [-0.15, -0.1) is 0 Å². The molecule has 1 unspecified atom stereocenters. The predicted octanol–water partition coefficient (Wildman–Crippen LogP) is 3.64. The lowest BCUT2D eigenvalue weighted by molar-refractivity contribution is -0.117. The maximum Gasteiger partial charge on any atom is 0.435 e. The van der Waals surface area contributed by atoms with Crippen molar-refractivity contribution >= 4 is 12.2 Å². The molecule has 0 aliphatic carbocycles. The van der Waals surface area contributed by atoms with Crippen LogP contribution < -0.4 is 0 Å². The van der Waals surface area contributed by atoms with Crippen LogP contribution in [0, 0.1) is 0 Å². The van der Waals surface area contributed by atoms with E-state index in [0.29, 0.717) is 6.61 Å². The van der Waals surface area contributed by atoms with E-state index in [2.05, 4.69) is 0 Å². The fourth-order valence-corrected chi connectivity index (χ4v) is 1.94. The third-order valence-corrected chi connectivity index (χ3v) is 2.83. The van der Waals surface area contributed by atoms with Crippen LogP contribution in [0.3, 0.4) is 0 Å². The highest BCUT2D eigenvalue weighted by Crippen LogP contribution is 2.20. The van der Waals surface area contributed by atoms with Gasteiger partial charge in [0.15, 0.2) is 0 Å². The van der Waals surface area contributed by atoms with Gasteiger partial charge in [-0.3, -0.25) is 4.84 Å². The van der Waals surface area contributed by atoms with Crippen LogP contribution in [0.5, 0.6) is 0 Å². The highest BCUT2D eigenvalue weighted by Gasteiger charge is 2.32. The van der Waals surface area contributed by atoms with Crippen molar-refractivity contribution in [3.63, 3.8) is 0 Å². The van der Waals surface area contributed by atoms with Gasteiger partial charge < -0.3 is 4.74 Å². The summed E-state index contributed by atoms with van der Waals surface area (Å²) in [5.41, 5.74) is 0.583. The predicted molar refractivity (Wildman–Crippen MR) is 77.9 cm³/mol. The van der Waals surface area contributed by atoms with E-state index < -0.39 is 11.7 Å². The molecule has 20 heavy (non-hydrogen) atoms. The number of nitrogens with zero attached hydrogens (tertiary/aromatic N) is 1. The van der Waals surface area contributed by atoms with Gasteiger partial charge in [-0.1, -0.05) is 42.5 Å². The van der Waals surface area contributed by atoms with Crippen molar-refractivity contribution < 1.29 is 14.4 Å². The highest BCUT2D eigenvalue weighted by molar-refractivity contribution is 5.68. The molecule has 1 fully saturated rings. The molecule has 2 rings (SSSR count). The molecule has 0 spiro atoms. The van der Waals surface area contributed by atoms with Gasteiger partial charge in [-0.2, -0.15) is 5.06 Å². The van der Waals surface area contributed by atoms with Gasteiger partial charge in [0.1, 0.15) is 5.60 Å². The lowest BCUT2D eigenvalue weighted by Gasteiger charge is -2.25. The number of carbonyl (C=O) groups excluding carboxylic acids is 1. The maximum atomic E-state index is 12.0. The van der Waals surface area contributed by atoms with Crippen LogP contribution >= 0.6 is 0 Å². The fourth-order valence-electron chi connectivity index (χ4n) is 1.94. The minimum absolute atomic E-state index is 0.0787. The van der Waals surface area contributed by atoms with Crippen molar-refractivity contribution in [1.29, 1.82) is 0 Å². The van der Waals surface area contributed by atoms with E-state index in [9.17, 15) is 4.79 Å². The number of hydroxylamine groups is 2. The largest absolute Gasteiger partial charge is 0.442 e. The molecule has 1 heterocycles. The zero-order valence-corrected chi connectivity index (χ0v) is 12.2. The first kappa shape index (κ1) is 14.6. The van der Waals surface area contributed by atoms with Gasteiger partial charge in [0, 0.05) is 0 Å². The number of hydrogen-bond acceptors (Lipinski definition) is 3. The summed E-state index contributed by atoms with van der Waals surface area (Å²) in [5, 5.41) is 1.32. The van der Waals surface area contributed by atoms with E-state index >= 15 is 0 Å². The molecular formula is C16H21NO3. The Morgan fingerprint density at radius 3 is 2.70 bits per heavy atom. The molecule has 1 amide bonds. The molecule has 1 aromatic rings. The number of amides is 1. The summed E-state index contributed by atoms with van der Waals surface area (Å²) in [6.07, 6.45) is 4.32. The van der Waals surface area contributed by atoms with E-state index in [1.165, 1.54) is 5.06 Å². The van der Waals surface area contributed by atoms with Gasteiger partial charge in [-0.05, 0) is 32.8 Å². The van der Waals surface area contributed by atoms with E-state index in [4.69, 9.17) is 9.57 Å². The summed E-state index contributed by atoms with van der Waals surface area (Å²) >= 11 is 0. The fraction of sp³-hybridized carbons (Fsp3) is 0.438. The summed E-state index contributed by atoms with van der Waals surface area (Å²) in [4.78, 5) is 17.4. The van der Waals surface area contributed by atoms with E-state index in [-0.39, 0.29) is 6.04 Å². The molecule has 4 nitrogen and oxygen atoms in total. The molecule has 1 aromatic carbocycles. The molecule has 1 aliphatic rings. The molecule has 0 N–H and O–H groups in total. The first-order valence-electron chi connectivity index (χ1n) is 6.84. The summed E-state index contributed by atoms with van der Waals surface area (Å²) < 4.78 is 5.33. The van der Waals surface area contributed by atoms with Gasteiger partial charge in [0.25, 0.3) is 0 Å². The van der Waals surface area contributed by atoms with Crippen molar-refractivity contribution in [3.05, 3.63) is 42.0 Å². The summed E-state index contributed by atoms with van der Waals surface area (Å²) in [6.45, 7) is 6.06. The molecule has 1 saturated heterocycles. The topological polar surface area (TPSA) is 38.8 Å². The summed E-state index contributed by atoms with van der Waals surface area (Å²) in [6, 6.07) is 9.90. The maximum absolute atomic E-state index is 12.0. The highest BCUT2D eigenvalue weighted by atomic mass is 16.7. The monoisotopic (exact) mass is 275 g/mol. The van der Waals surface area contributed by atoms with Crippen molar-refractivity contribution in [2.24, 2.45) is 0 Å². The van der Waals surface area contributed by atoms with Crippen LogP contribution in [-0.2, 0) is 9.57 Å². The lowest BCUT2D eigenvalue weighted by atomic mass is 10.1. The van der Waals surface area contributed by atoms with Crippen LogP contribution in [0.1, 0.15) is 32.8 Å². The number of rotatable bonds is 2. The standard InChI is InChI=1S/C16H21NO3/c1-16(2,3)20-15(18)17-14(11-12-19-17)10-9-13-7-5-4-6-8-13/h4-10,14H,11-12H2,1-3H3/b10-9+. The molecule has 0 bridgehead atoms. The zero-order valence-electron chi connectivity index (χ0n) is 12.2. The van der Waals surface area contributed by atoms with Gasteiger partial charge >= 0.3 is 6.09 Å². The smallest absolute Gasteiger partial charge is 0.435 e. The number of hydrogen-bond donors (Lipinski definition) is 0. The minimum atomic E-state index is -0.517. The van der Waals surface area contributed by atoms with Crippen molar-refractivity contribution in [2.45, 2.75) is 38.8 Å². The molecule has 0 saturated carbocycles. The van der Waals surface area contributed by atoms with Crippen molar-refractivity contribution in [2.75, 3.05) is 6.61 Å². The Morgan fingerprint density at radius 2 is 2.05 bits per heavy atom. The molecule has 1 aliphatic heterocycles. The van der Waals surface area contributed by atoms with E-state index in [1.54, 1.807) is 0 Å². The van der Waals surface area contributed by atoms with E-state index in [1.807, 2.05) is 63.3 Å². The summed E-state index contributed by atoms with van der Waals surface area (Å²) in [7, 11) is 0. The number of ether oxygens (including phenoxy) is 1. The van der Waals surface area contributed by atoms with Crippen LogP contribution in [0.15, 0.2) is 36.4 Å². The molecule has 0 radical (unpaired) electrons. The van der Waals surface area contributed by atoms with E-state index in [0.717, 1.165) is 12.0 Å². The Kier molecular flexibility index (Phi) is 4.45. The molecular weight excluding hydrogens is 254 g/mol. The summed E-state index contributed by atoms with van der Waals surface area (Å²) in [5.74, 6) is 0. The molecule has 0 aromatic heterocycles. The SMILES string of the molecule is CC(C)(C)OC(=O)N1OCCC1/C=C/c1ccccc1. The van der Waals surface area contributed by atoms with Gasteiger partial charge in [0.05, 0.1) is 12.6 Å². The zero-order chi connectivity index (χ0) is 14.6. The number of carbonyl (C=O) groups is 1. The van der Waals surface area contributed by atoms with Gasteiger partial charge in [-0.25, -0.2) is 4.79 Å². The average molecular weight is 275 g/mol. The van der Waals surface area contributed by atoms with Crippen LogP contribution in [0.25, 0.3) is 6.08 Å². The first-order valence-corrected chi connectivity index (χ1v) is 6.84. The molecule has 108 valence electrons. The van der Waals surface area contributed by atoms with Crippen LogP contribution in [-0.4, -0.2) is 29.4 Å². The third-order valence-electron chi connectivity index (χ3n) is 2.83.